The molecule has 156 valence electrons. The summed E-state index contributed by atoms with van der Waals surface area (Å²) in [6, 6.07) is 9.16. The lowest BCUT2D eigenvalue weighted by Gasteiger charge is -2.30. The summed E-state index contributed by atoms with van der Waals surface area (Å²) in [5, 5.41) is 0. The van der Waals surface area contributed by atoms with Crippen molar-refractivity contribution in [2.24, 2.45) is 0 Å². The Morgan fingerprint density at radius 3 is 2.64 bits per heavy atom. The molecule has 0 fully saturated rings. The van der Waals surface area contributed by atoms with E-state index in [0.717, 1.165) is 5.56 Å². The van der Waals surface area contributed by atoms with E-state index in [-0.39, 0.29) is 25.5 Å². The fourth-order valence-electron chi connectivity index (χ4n) is 2.57. The monoisotopic (exact) mass is 410 g/mol. The molecule has 0 aliphatic carbocycles. The lowest BCUT2D eigenvalue weighted by molar-refractivity contribution is -0.0648. The van der Waals surface area contributed by atoms with Gasteiger partial charge >= 0.3 is 6.09 Å². The number of carbonyl (C=O) groups is 1. The minimum absolute atomic E-state index is 0.105. The zero-order valence-electron chi connectivity index (χ0n) is 16.9. The molecule has 1 aromatic carbocycles. The molecular formula is C20H30N2O5S. The number of carbonyl (C=O) groups excluding carboxylic acids is 1. The number of hydrogen-bond donors (Lipinski definition) is 1. The maximum Gasteiger partial charge on any atom is 0.410 e. The van der Waals surface area contributed by atoms with Gasteiger partial charge in [-0.25, -0.2) is 13.7 Å². The molecule has 2 rings (SSSR count). The molecule has 1 amide bonds. The molecule has 1 aliphatic heterocycles. The smallest absolute Gasteiger partial charge is 0.410 e. The second-order valence-corrected chi connectivity index (χ2v) is 9.51. The SMILES string of the molecule is COCO[C@@H]1C=CCN(C(=O)OCc2ccccc2)C[C@H]1N[S@@](=O)C(C)(C)C. The average Bonchev–Trinajstić information content (AvgIpc) is 2.86. The first-order chi connectivity index (χ1) is 13.3. The summed E-state index contributed by atoms with van der Waals surface area (Å²) in [6.45, 7) is 6.67. The van der Waals surface area contributed by atoms with Crippen molar-refractivity contribution >= 4 is 17.1 Å². The van der Waals surface area contributed by atoms with Crippen molar-refractivity contribution in [2.45, 2.75) is 44.3 Å². The molecule has 0 saturated heterocycles. The molecule has 0 radical (unpaired) electrons. The number of methoxy groups -OCH3 is 1. The van der Waals surface area contributed by atoms with Crippen molar-refractivity contribution in [1.82, 2.24) is 9.62 Å². The fraction of sp³-hybridized carbons (Fsp3) is 0.550. The third kappa shape index (κ3) is 7.01. The largest absolute Gasteiger partial charge is 0.445 e. The number of rotatable bonds is 7. The predicted octanol–water partition coefficient (Wildman–Crippen LogP) is 2.60. The Morgan fingerprint density at radius 2 is 2.00 bits per heavy atom. The molecule has 3 atom stereocenters. The number of hydrogen-bond acceptors (Lipinski definition) is 5. The Kier molecular flexibility index (Phi) is 8.62. The summed E-state index contributed by atoms with van der Waals surface area (Å²) in [7, 11) is 0.231. The highest BCUT2D eigenvalue weighted by molar-refractivity contribution is 7.84. The van der Waals surface area contributed by atoms with Crippen LogP contribution >= 0.6 is 0 Å². The fourth-order valence-corrected chi connectivity index (χ4v) is 3.41. The Balaban J connectivity index is 2.04. The highest BCUT2D eigenvalue weighted by Gasteiger charge is 2.32. The van der Waals surface area contributed by atoms with Gasteiger partial charge < -0.3 is 19.1 Å². The summed E-state index contributed by atoms with van der Waals surface area (Å²) >= 11 is 0. The number of nitrogens with one attached hydrogen (secondary N) is 1. The lowest BCUT2D eigenvalue weighted by atomic mass is 10.1. The van der Waals surface area contributed by atoms with Gasteiger partial charge in [-0.05, 0) is 26.3 Å². The normalized spacial score (nSPS) is 21.2. The Morgan fingerprint density at radius 1 is 1.29 bits per heavy atom. The van der Waals surface area contributed by atoms with E-state index in [1.165, 1.54) is 0 Å². The first kappa shape index (κ1) is 22.5. The third-order valence-electron chi connectivity index (χ3n) is 4.12. The van der Waals surface area contributed by atoms with Gasteiger partial charge in [0.2, 0.25) is 0 Å². The minimum Gasteiger partial charge on any atom is -0.445 e. The molecule has 0 saturated carbocycles. The molecule has 0 aromatic heterocycles. The third-order valence-corrected chi connectivity index (χ3v) is 5.75. The van der Waals surface area contributed by atoms with E-state index >= 15 is 0 Å². The zero-order valence-corrected chi connectivity index (χ0v) is 17.7. The van der Waals surface area contributed by atoms with E-state index in [2.05, 4.69) is 4.72 Å². The molecule has 28 heavy (non-hydrogen) atoms. The molecule has 0 unspecified atom stereocenters. The van der Waals surface area contributed by atoms with E-state index in [1.54, 1.807) is 12.0 Å². The van der Waals surface area contributed by atoms with E-state index in [0.29, 0.717) is 13.1 Å². The molecule has 1 aromatic rings. The van der Waals surface area contributed by atoms with E-state index < -0.39 is 21.8 Å². The number of benzene rings is 1. The van der Waals surface area contributed by atoms with Gasteiger partial charge in [0.25, 0.3) is 0 Å². The maximum absolute atomic E-state index is 12.6. The first-order valence-corrected chi connectivity index (χ1v) is 10.4. The average molecular weight is 411 g/mol. The summed E-state index contributed by atoms with van der Waals surface area (Å²) in [6.07, 6.45) is 2.92. The van der Waals surface area contributed by atoms with Crippen molar-refractivity contribution in [1.29, 1.82) is 0 Å². The zero-order chi connectivity index (χ0) is 20.6. The molecule has 0 bridgehead atoms. The van der Waals surface area contributed by atoms with Crippen LogP contribution in [0.4, 0.5) is 4.79 Å². The van der Waals surface area contributed by atoms with Gasteiger partial charge in [0.15, 0.2) is 0 Å². The summed E-state index contributed by atoms with van der Waals surface area (Å²) in [5.41, 5.74) is 0.922. The Hall–Kier alpha value is -1.74. The first-order valence-electron chi connectivity index (χ1n) is 9.22. The standard InChI is InChI=1S/C20H30N2O5S/c1-20(2,3)28(24)21-17-13-22(12-8-11-18(17)27-15-25-4)19(23)26-14-16-9-6-5-7-10-16/h5-11,17-18,21H,12-15H2,1-4H3/t17-,18-,28+/m1/s1. The second-order valence-electron chi connectivity index (χ2n) is 7.52. The van der Waals surface area contributed by atoms with Crippen LogP contribution < -0.4 is 4.72 Å². The topological polar surface area (TPSA) is 77.1 Å². The highest BCUT2D eigenvalue weighted by Crippen LogP contribution is 2.16. The van der Waals surface area contributed by atoms with Gasteiger partial charge in [0, 0.05) is 20.2 Å². The highest BCUT2D eigenvalue weighted by atomic mass is 32.2. The van der Waals surface area contributed by atoms with Gasteiger partial charge in [-0.1, -0.05) is 42.5 Å². The maximum atomic E-state index is 12.6. The quantitative estimate of drug-likeness (QED) is 0.552. The van der Waals surface area contributed by atoms with Gasteiger partial charge in [-0.15, -0.1) is 0 Å². The summed E-state index contributed by atoms with van der Waals surface area (Å²) in [4.78, 5) is 14.2. The Bertz CT molecular complexity index is 675. The van der Waals surface area contributed by atoms with Crippen LogP contribution in [0.3, 0.4) is 0 Å². The molecule has 1 aliphatic rings. The van der Waals surface area contributed by atoms with Crippen LogP contribution in [-0.2, 0) is 31.8 Å². The van der Waals surface area contributed by atoms with Crippen LogP contribution in [0.1, 0.15) is 26.3 Å². The van der Waals surface area contributed by atoms with Crippen LogP contribution in [-0.4, -0.2) is 59.1 Å². The van der Waals surface area contributed by atoms with Crippen LogP contribution in [0, 0.1) is 0 Å². The molecule has 0 spiro atoms. The van der Waals surface area contributed by atoms with Crippen molar-refractivity contribution in [2.75, 3.05) is 27.0 Å². The molecule has 8 heteroatoms. The number of ether oxygens (including phenoxy) is 3. The molecule has 1 heterocycles. The van der Waals surface area contributed by atoms with Gasteiger partial charge in [0.05, 0.1) is 27.9 Å². The number of amides is 1. The Labute approximate surface area is 169 Å². The lowest BCUT2D eigenvalue weighted by Crippen LogP contribution is -2.52. The van der Waals surface area contributed by atoms with Crippen molar-refractivity contribution in [3.05, 3.63) is 48.0 Å². The minimum atomic E-state index is -1.31. The molecule has 1 N–H and O–H groups in total. The van der Waals surface area contributed by atoms with Crippen molar-refractivity contribution < 1.29 is 23.2 Å². The summed E-state index contributed by atoms with van der Waals surface area (Å²) in [5.74, 6) is 0. The van der Waals surface area contributed by atoms with Crippen LogP contribution in [0.25, 0.3) is 0 Å². The van der Waals surface area contributed by atoms with Crippen molar-refractivity contribution in [3.8, 4) is 0 Å². The predicted molar refractivity (Wildman–Crippen MR) is 109 cm³/mol. The molecular weight excluding hydrogens is 380 g/mol. The van der Waals surface area contributed by atoms with Crippen LogP contribution in [0.2, 0.25) is 0 Å². The summed E-state index contributed by atoms with van der Waals surface area (Å²) < 4.78 is 31.4. The van der Waals surface area contributed by atoms with Crippen molar-refractivity contribution in [3.63, 3.8) is 0 Å². The van der Waals surface area contributed by atoms with E-state index in [9.17, 15) is 9.00 Å². The van der Waals surface area contributed by atoms with Gasteiger partial charge in [-0.2, -0.15) is 0 Å². The van der Waals surface area contributed by atoms with Crippen LogP contribution in [0.5, 0.6) is 0 Å². The van der Waals surface area contributed by atoms with Crippen LogP contribution in [0.15, 0.2) is 42.5 Å². The second kappa shape index (κ2) is 10.7. The number of nitrogens with zero attached hydrogens (tertiary/aromatic N) is 1. The van der Waals surface area contributed by atoms with E-state index in [4.69, 9.17) is 14.2 Å². The molecule has 7 nitrogen and oxygen atoms in total. The van der Waals surface area contributed by atoms with Gasteiger partial charge in [-0.3, -0.25) is 0 Å². The van der Waals surface area contributed by atoms with E-state index in [1.807, 2.05) is 63.3 Å². The van der Waals surface area contributed by atoms with Gasteiger partial charge in [0.1, 0.15) is 13.4 Å².